The molecule has 0 radical (unpaired) electrons. The lowest BCUT2D eigenvalue weighted by atomic mass is 9.98. The molecule has 33 heavy (non-hydrogen) atoms. The Morgan fingerprint density at radius 2 is 1.79 bits per heavy atom. The second-order valence-electron chi connectivity index (χ2n) is 8.34. The fourth-order valence-corrected chi connectivity index (χ4v) is 4.05. The summed E-state index contributed by atoms with van der Waals surface area (Å²) in [5, 5.41) is 4.38. The summed E-state index contributed by atoms with van der Waals surface area (Å²) in [5.41, 5.74) is 1.56. The van der Waals surface area contributed by atoms with Gasteiger partial charge in [-0.2, -0.15) is 0 Å². The minimum absolute atomic E-state index is 0.215. The molecule has 7 heteroatoms. The Hall–Kier alpha value is -3.61. The van der Waals surface area contributed by atoms with Gasteiger partial charge >= 0.3 is 5.97 Å². The van der Waals surface area contributed by atoms with Gasteiger partial charge in [0.05, 0.1) is 7.11 Å². The summed E-state index contributed by atoms with van der Waals surface area (Å²) in [7, 11) is 1.30. The maximum atomic E-state index is 14.4. The van der Waals surface area contributed by atoms with E-state index in [0.717, 1.165) is 42.4 Å². The first-order valence-electron chi connectivity index (χ1n) is 11.0. The van der Waals surface area contributed by atoms with Crippen molar-refractivity contribution < 1.29 is 23.5 Å². The Kier molecular flexibility index (Phi) is 6.77. The van der Waals surface area contributed by atoms with Gasteiger partial charge in [-0.25, -0.2) is 9.18 Å². The Balaban J connectivity index is 1.57. The number of methoxy groups -OCH3 is 1. The fraction of sp³-hybridized carbons (Fsp3) is 0.308. The number of carbonyl (C=O) groups is 2. The van der Waals surface area contributed by atoms with Gasteiger partial charge in [0.1, 0.15) is 11.6 Å². The molecule has 1 aliphatic heterocycles. The van der Waals surface area contributed by atoms with Gasteiger partial charge in [-0.15, -0.1) is 0 Å². The largest absolute Gasteiger partial charge is 0.481 e. The van der Waals surface area contributed by atoms with E-state index in [1.54, 1.807) is 18.2 Å². The zero-order chi connectivity index (χ0) is 23.4. The monoisotopic (exact) mass is 450 g/mol. The smallest absolute Gasteiger partial charge is 0.343 e. The van der Waals surface area contributed by atoms with Gasteiger partial charge in [-0.1, -0.05) is 31.2 Å². The van der Waals surface area contributed by atoms with Gasteiger partial charge < -0.3 is 19.7 Å². The number of ether oxygens (including phenoxy) is 2. The number of amides is 1. The van der Waals surface area contributed by atoms with Crippen molar-refractivity contribution in [1.82, 2.24) is 0 Å². The van der Waals surface area contributed by atoms with Crippen molar-refractivity contribution in [3.8, 4) is 5.75 Å². The number of piperidine rings is 1. The molecule has 1 heterocycles. The summed E-state index contributed by atoms with van der Waals surface area (Å²) in [6, 6.07) is 15.3. The fourth-order valence-electron chi connectivity index (χ4n) is 4.05. The van der Waals surface area contributed by atoms with E-state index in [1.165, 1.54) is 19.2 Å². The van der Waals surface area contributed by atoms with E-state index in [0.29, 0.717) is 17.4 Å². The second kappa shape index (κ2) is 9.90. The Morgan fingerprint density at radius 1 is 1.06 bits per heavy atom. The number of nitrogens with zero attached hydrogens (tertiary/aromatic N) is 1. The molecule has 4 rings (SSSR count). The molecule has 1 aliphatic rings. The molecule has 0 aromatic heterocycles. The zero-order valence-electron chi connectivity index (χ0n) is 18.8. The second-order valence-corrected chi connectivity index (χ2v) is 8.34. The third kappa shape index (κ3) is 5.25. The van der Waals surface area contributed by atoms with Gasteiger partial charge in [0, 0.05) is 40.8 Å². The molecule has 0 bridgehead atoms. The molecule has 1 saturated heterocycles. The number of benzene rings is 3. The molecule has 1 N–H and O–H groups in total. The van der Waals surface area contributed by atoms with Crippen molar-refractivity contribution in [3.05, 3.63) is 66.0 Å². The van der Waals surface area contributed by atoms with E-state index in [4.69, 9.17) is 4.74 Å². The highest BCUT2D eigenvalue weighted by molar-refractivity contribution is 6.10. The van der Waals surface area contributed by atoms with Crippen molar-refractivity contribution in [2.75, 3.05) is 37.0 Å². The van der Waals surface area contributed by atoms with E-state index in [-0.39, 0.29) is 12.2 Å². The highest BCUT2D eigenvalue weighted by Crippen LogP contribution is 2.32. The lowest BCUT2D eigenvalue weighted by Gasteiger charge is -2.32. The van der Waals surface area contributed by atoms with Crippen LogP contribution in [0.3, 0.4) is 0 Å². The van der Waals surface area contributed by atoms with Crippen LogP contribution in [-0.2, 0) is 9.53 Å². The zero-order valence-corrected chi connectivity index (χ0v) is 18.8. The van der Waals surface area contributed by atoms with Crippen LogP contribution in [0.2, 0.25) is 0 Å². The summed E-state index contributed by atoms with van der Waals surface area (Å²) in [4.78, 5) is 26.6. The van der Waals surface area contributed by atoms with Crippen LogP contribution >= 0.6 is 0 Å². The lowest BCUT2D eigenvalue weighted by molar-refractivity contribution is -0.142. The number of nitrogens with one attached hydrogen (secondary N) is 1. The summed E-state index contributed by atoms with van der Waals surface area (Å²) >= 11 is 0. The molecular formula is C26H27FN2O4. The molecule has 0 atom stereocenters. The van der Waals surface area contributed by atoms with E-state index in [2.05, 4.69) is 21.9 Å². The average Bonchev–Trinajstić information content (AvgIpc) is 2.83. The maximum absolute atomic E-state index is 14.4. The van der Waals surface area contributed by atoms with Gasteiger partial charge in [0.25, 0.3) is 5.91 Å². The maximum Gasteiger partial charge on any atom is 0.343 e. The van der Waals surface area contributed by atoms with Crippen LogP contribution in [0.4, 0.5) is 15.8 Å². The minimum Gasteiger partial charge on any atom is -0.481 e. The predicted octanol–water partition coefficient (Wildman–Crippen LogP) is 5.02. The van der Waals surface area contributed by atoms with Crippen LogP contribution in [0.25, 0.3) is 10.8 Å². The number of anilines is 2. The number of halogens is 1. The Bertz CT molecular complexity index is 1170. The topological polar surface area (TPSA) is 67.9 Å². The number of hydrogen-bond acceptors (Lipinski definition) is 5. The molecule has 0 spiro atoms. The normalized spacial score (nSPS) is 14.2. The molecule has 3 aromatic carbocycles. The SMILES string of the molecule is COC(=O)COc1ccc(NC(=O)c2cc(F)cc(N3CCC(C)CC3)c2)c2ccccc12. The number of carbonyl (C=O) groups excluding carboxylic acids is 2. The summed E-state index contributed by atoms with van der Waals surface area (Å²) in [6.45, 7) is 3.71. The van der Waals surface area contributed by atoms with Crippen LogP contribution in [0.15, 0.2) is 54.6 Å². The number of hydrogen-bond donors (Lipinski definition) is 1. The first-order chi connectivity index (χ1) is 15.9. The highest BCUT2D eigenvalue weighted by atomic mass is 19.1. The van der Waals surface area contributed by atoms with Gasteiger partial charge in [0.15, 0.2) is 6.61 Å². The molecule has 1 fully saturated rings. The van der Waals surface area contributed by atoms with E-state index in [9.17, 15) is 14.0 Å². The van der Waals surface area contributed by atoms with Gasteiger partial charge in [0.2, 0.25) is 0 Å². The molecule has 0 unspecified atom stereocenters. The molecule has 0 aliphatic carbocycles. The summed E-state index contributed by atoms with van der Waals surface area (Å²) in [6.07, 6.45) is 2.10. The summed E-state index contributed by atoms with van der Waals surface area (Å²) < 4.78 is 24.6. The van der Waals surface area contributed by atoms with Crippen LogP contribution in [0.1, 0.15) is 30.1 Å². The first kappa shape index (κ1) is 22.6. The molecule has 6 nitrogen and oxygen atoms in total. The molecule has 0 saturated carbocycles. The average molecular weight is 451 g/mol. The van der Waals surface area contributed by atoms with Crippen molar-refractivity contribution in [1.29, 1.82) is 0 Å². The molecule has 1 amide bonds. The quantitative estimate of drug-likeness (QED) is 0.534. The number of rotatable bonds is 6. The standard InChI is InChI=1S/C26H27FN2O4/c1-17-9-11-29(12-10-17)20-14-18(13-19(27)15-20)26(31)28-23-7-8-24(33-16-25(30)32-2)22-6-4-3-5-21(22)23/h3-8,13-15,17H,9-12,16H2,1-2H3,(H,28,31). The van der Waals surface area contributed by atoms with Gasteiger partial charge in [-0.3, -0.25) is 4.79 Å². The highest BCUT2D eigenvalue weighted by Gasteiger charge is 2.19. The predicted molar refractivity (Wildman–Crippen MR) is 126 cm³/mol. The number of esters is 1. The summed E-state index contributed by atoms with van der Waals surface area (Å²) in [5.74, 6) is -0.157. The van der Waals surface area contributed by atoms with E-state index in [1.807, 2.05) is 24.3 Å². The molecule has 172 valence electrons. The van der Waals surface area contributed by atoms with Crippen LogP contribution in [0, 0.1) is 11.7 Å². The third-order valence-corrected chi connectivity index (χ3v) is 6.00. The van der Waals surface area contributed by atoms with Crippen molar-refractivity contribution in [3.63, 3.8) is 0 Å². The van der Waals surface area contributed by atoms with Crippen molar-refractivity contribution in [2.45, 2.75) is 19.8 Å². The van der Waals surface area contributed by atoms with Crippen molar-refractivity contribution in [2.24, 2.45) is 5.92 Å². The molecule has 3 aromatic rings. The third-order valence-electron chi connectivity index (χ3n) is 6.00. The lowest BCUT2D eigenvalue weighted by Crippen LogP contribution is -2.33. The van der Waals surface area contributed by atoms with E-state index >= 15 is 0 Å². The van der Waals surface area contributed by atoms with Gasteiger partial charge in [-0.05, 0) is 49.1 Å². The Morgan fingerprint density at radius 3 is 2.52 bits per heavy atom. The van der Waals surface area contributed by atoms with Crippen molar-refractivity contribution >= 4 is 34.0 Å². The first-order valence-corrected chi connectivity index (χ1v) is 11.0. The van der Waals surface area contributed by atoms with E-state index < -0.39 is 17.7 Å². The molecular weight excluding hydrogens is 423 g/mol. The van der Waals surface area contributed by atoms with Crippen LogP contribution in [-0.4, -0.2) is 38.7 Å². The minimum atomic E-state index is -0.485. The Labute approximate surface area is 192 Å². The van der Waals surface area contributed by atoms with Crippen LogP contribution in [0.5, 0.6) is 5.75 Å². The number of fused-ring (bicyclic) bond motifs is 1. The van der Waals surface area contributed by atoms with Crippen LogP contribution < -0.4 is 15.0 Å².